The molecule has 0 radical (unpaired) electrons. The second-order valence-electron chi connectivity index (χ2n) is 7.57. The topological polar surface area (TPSA) is 58.2 Å². The molecule has 176 valence electrons. The van der Waals surface area contributed by atoms with E-state index < -0.39 is 50.5 Å². The number of halogens is 7. The highest BCUT2D eigenvalue weighted by Gasteiger charge is 2.67. The molecule has 0 heterocycles. The van der Waals surface area contributed by atoms with Gasteiger partial charge < -0.3 is 10.6 Å². The van der Waals surface area contributed by atoms with Crippen molar-refractivity contribution in [3.63, 3.8) is 0 Å². The van der Waals surface area contributed by atoms with E-state index in [4.69, 9.17) is 46.4 Å². The Morgan fingerprint density at radius 2 is 1.50 bits per heavy atom. The van der Waals surface area contributed by atoms with E-state index in [9.17, 15) is 22.8 Å². The molecule has 3 aromatic rings. The van der Waals surface area contributed by atoms with Crippen LogP contribution < -0.4 is 10.6 Å². The minimum absolute atomic E-state index is 0.0666. The normalized spacial score (nSPS) is 18.3. The fourth-order valence-corrected chi connectivity index (χ4v) is 4.76. The van der Waals surface area contributed by atoms with E-state index in [0.717, 1.165) is 24.3 Å². The van der Waals surface area contributed by atoms with E-state index in [1.54, 1.807) is 0 Å². The minimum atomic E-state index is -1.50. The van der Waals surface area contributed by atoms with Crippen molar-refractivity contribution in [3.05, 3.63) is 93.2 Å². The van der Waals surface area contributed by atoms with Crippen molar-refractivity contribution in [1.29, 1.82) is 0 Å². The molecule has 0 bridgehead atoms. The van der Waals surface area contributed by atoms with Crippen LogP contribution in [-0.2, 0) is 4.79 Å². The Labute approximate surface area is 211 Å². The van der Waals surface area contributed by atoms with Gasteiger partial charge in [-0.15, -0.1) is 23.2 Å². The van der Waals surface area contributed by atoms with E-state index in [0.29, 0.717) is 5.56 Å². The predicted molar refractivity (Wildman–Crippen MR) is 126 cm³/mol. The van der Waals surface area contributed by atoms with Gasteiger partial charge in [0, 0.05) is 17.3 Å². The fourth-order valence-electron chi connectivity index (χ4n) is 3.55. The number of hydrogen-bond donors (Lipinski definition) is 2. The molecule has 1 saturated carbocycles. The molecule has 11 heteroatoms. The van der Waals surface area contributed by atoms with Crippen molar-refractivity contribution in [2.24, 2.45) is 5.92 Å². The Hall–Kier alpha value is -2.45. The number of alkyl halides is 2. The summed E-state index contributed by atoms with van der Waals surface area (Å²) in [5.74, 6) is -5.15. The summed E-state index contributed by atoms with van der Waals surface area (Å²) in [6, 6.07) is 10.9. The van der Waals surface area contributed by atoms with Gasteiger partial charge in [-0.1, -0.05) is 29.3 Å². The zero-order valence-electron chi connectivity index (χ0n) is 16.8. The highest BCUT2D eigenvalue weighted by Crippen LogP contribution is 2.65. The number of carbonyl (C=O) groups excluding carboxylic acids is 2. The lowest BCUT2D eigenvalue weighted by Gasteiger charge is -2.11. The van der Waals surface area contributed by atoms with Gasteiger partial charge in [-0.2, -0.15) is 0 Å². The molecule has 2 N–H and O–H groups in total. The van der Waals surface area contributed by atoms with E-state index in [1.807, 2.05) is 0 Å². The largest absolute Gasteiger partial charge is 0.326 e. The lowest BCUT2D eigenvalue weighted by atomic mass is 10.1. The van der Waals surface area contributed by atoms with Crippen molar-refractivity contribution in [3.8, 4) is 0 Å². The van der Waals surface area contributed by atoms with E-state index in [-0.39, 0.29) is 22.0 Å². The molecule has 1 fully saturated rings. The first kappa shape index (κ1) is 24.7. The van der Waals surface area contributed by atoms with Crippen LogP contribution in [0, 0.1) is 23.4 Å². The second kappa shape index (κ2) is 9.30. The molecule has 1 aliphatic carbocycles. The molecule has 0 spiro atoms. The molecule has 1 aliphatic rings. The Bertz CT molecular complexity index is 1300. The summed E-state index contributed by atoms with van der Waals surface area (Å²) in [6.45, 7) is 0. The molecule has 0 saturated heterocycles. The average Bonchev–Trinajstić information content (AvgIpc) is 3.36. The minimum Gasteiger partial charge on any atom is -0.326 e. The SMILES string of the molecule is O=C(Nc1ccc(F)cc1)c1cc(NC(=O)[C@H]2[C@H](c3ccc(F)c(Cl)c3)C2(Cl)Cl)cc(F)c1Cl. The predicted octanol–water partition coefficient (Wildman–Crippen LogP) is 7.19. The van der Waals surface area contributed by atoms with Crippen LogP contribution in [0.2, 0.25) is 10.0 Å². The maximum atomic E-state index is 14.4. The number of rotatable bonds is 5. The van der Waals surface area contributed by atoms with Crippen LogP contribution >= 0.6 is 46.4 Å². The monoisotopic (exact) mass is 546 g/mol. The van der Waals surface area contributed by atoms with Crippen molar-refractivity contribution in [2.75, 3.05) is 10.6 Å². The van der Waals surface area contributed by atoms with Gasteiger partial charge in [0.1, 0.15) is 21.8 Å². The lowest BCUT2D eigenvalue weighted by molar-refractivity contribution is -0.117. The van der Waals surface area contributed by atoms with Crippen molar-refractivity contribution < 1.29 is 22.8 Å². The van der Waals surface area contributed by atoms with Crippen molar-refractivity contribution >= 4 is 69.6 Å². The Morgan fingerprint density at radius 1 is 0.824 bits per heavy atom. The summed E-state index contributed by atoms with van der Waals surface area (Å²) in [7, 11) is 0. The smallest absolute Gasteiger partial charge is 0.257 e. The molecule has 2 atom stereocenters. The lowest BCUT2D eigenvalue weighted by Crippen LogP contribution is -2.19. The molecule has 2 amide bonds. The van der Waals surface area contributed by atoms with Crippen LogP contribution in [0.15, 0.2) is 54.6 Å². The van der Waals surface area contributed by atoms with Gasteiger partial charge in [0.25, 0.3) is 5.91 Å². The third-order valence-corrected chi connectivity index (χ3v) is 6.90. The van der Waals surface area contributed by atoms with Crippen molar-refractivity contribution in [2.45, 2.75) is 10.3 Å². The van der Waals surface area contributed by atoms with E-state index >= 15 is 0 Å². The summed E-state index contributed by atoms with van der Waals surface area (Å²) >= 11 is 24.3. The van der Waals surface area contributed by atoms with E-state index in [1.165, 1.54) is 30.3 Å². The van der Waals surface area contributed by atoms with Gasteiger partial charge in [0.2, 0.25) is 5.91 Å². The Morgan fingerprint density at radius 3 is 2.15 bits per heavy atom. The molecule has 0 unspecified atom stereocenters. The Balaban J connectivity index is 1.54. The van der Waals surface area contributed by atoms with Crippen LogP contribution in [0.5, 0.6) is 0 Å². The highest BCUT2D eigenvalue weighted by atomic mass is 35.5. The van der Waals surface area contributed by atoms with Crippen molar-refractivity contribution in [1.82, 2.24) is 0 Å². The zero-order valence-corrected chi connectivity index (χ0v) is 19.8. The number of benzene rings is 3. The van der Waals surface area contributed by atoms with Crippen LogP contribution in [0.4, 0.5) is 24.5 Å². The third kappa shape index (κ3) is 4.84. The maximum Gasteiger partial charge on any atom is 0.257 e. The molecule has 34 heavy (non-hydrogen) atoms. The molecule has 4 rings (SSSR count). The van der Waals surface area contributed by atoms with Gasteiger partial charge in [0.05, 0.1) is 21.5 Å². The number of hydrogen-bond acceptors (Lipinski definition) is 2. The zero-order chi connectivity index (χ0) is 24.8. The summed E-state index contributed by atoms with van der Waals surface area (Å²) in [5, 5.41) is 4.33. The maximum absolute atomic E-state index is 14.4. The first-order chi connectivity index (χ1) is 16.0. The van der Waals surface area contributed by atoms with Gasteiger partial charge in [-0.05, 0) is 54.1 Å². The molecule has 3 aromatic carbocycles. The van der Waals surface area contributed by atoms with Gasteiger partial charge >= 0.3 is 0 Å². The van der Waals surface area contributed by atoms with Crippen LogP contribution in [0.3, 0.4) is 0 Å². The molecule has 0 aliphatic heterocycles. The quantitative estimate of drug-likeness (QED) is 0.332. The summed E-state index contributed by atoms with van der Waals surface area (Å²) in [5.41, 5.74) is 0.383. The van der Waals surface area contributed by atoms with Crippen LogP contribution in [-0.4, -0.2) is 16.1 Å². The van der Waals surface area contributed by atoms with E-state index in [2.05, 4.69) is 10.6 Å². The fraction of sp³-hybridized carbons (Fsp3) is 0.130. The summed E-state index contributed by atoms with van der Waals surface area (Å²) in [4.78, 5) is 25.4. The number of amides is 2. The number of nitrogens with one attached hydrogen (secondary N) is 2. The summed E-state index contributed by atoms with van der Waals surface area (Å²) < 4.78 is 39.5. The molecule has 4 nitrogen and oxygen atoms in total. The number of carbonyl (C=O) groups is 2. The van der Waals surface area contributed by atoms with Gasteiger partial charge in [0.15, 0.2) is 0 Å². The highest BCUT2D eigenvalue weighted by molar-refractivity contribution is 6.53. The summed E-state index contributed by atoms with van der Waals surface area (Å²) in [6.07, 6.45) is 0. The van der Waals surface area contributed by atoms with Gasteiger partial charge in [-0.25, -0.2) is 13.2 Å². The standard InChI is InChI=1S/C23H13Cl4F3N2O2/c24-15-7-10(1-6-16(15)29)18-19(23(18,26)27)22(34)32-13-8-14(20(25)17(30)9-13)21(33)31-12-4-2-11(28)3-5-12/h1-9,18-19H,(H,31,33)(H,32,34)/t18-,19+/m0/s1. The van der Waals surface area contributed by atoms with Crippen LogP contribution in [0.25, 0.3) is 0 Å². The first-order valence-electron chi connectivity index (χ1n) is 9.68. The second-order valence-corrected chi connectivity index (χ2v) is 9.80. The average molecular weight is 548 g/mol. The Kier molecular flexibility index (Phi) is 6.75. The molecule has 0 aromatic heterocycles. The van der Waals surface area contributed by atoms with Crippen LogP contribution in [0.1, 0.15) is 21.8 Å². The third-order valence-electron chi connectivity index (χ3n) is 5.28. The molecular weight excluding hydrogens is 535 g/mol. The first-order valence-corrected chi connectivity index (χ1v) is 11.2. The molecular formula is C23H13Cl4F3N2O2. The van der Waals surface area contributed by atoms with Gasteiger partial charge in [-0.3, -0.25) is 9.59 Å². The number of anilines is 2.